The van der Waals surface area contributed by atoms with E-state index < -0.39 is 18.1 Å². The first kappa shape index (κ1) is 31.1. The summed E-state index contributed by atoms with van der Waals surface area (Å²) in [6, 6.07) is 8.84. The average Bonchev–Trinajstić information content (AvgIpc) is 3.45. The van der Waals surface area contributed by atoms with E-state index in [0.717, 1.165) is 18.4 Å². The number of unbranched alkanes of at least 4 members (excludes halogenated alkanes) is 1. The van der Waals surface area contributed by atoms with E-state index in [1.165, 1.54) is 0 Å². The van der Waals surface area contributed by atoms with Gasteiger partial charge in [0.15, 0.2) is 0 Å². The molecule has 0 saturated carbocycles. The van der Waals surface area contributed by atoms with Crippen molar-refractivity contribution in [2.45, 2.75) is 82.9 Å². The minimum Gasteiger partial charge on any atom is -0.463 e. The highest BCUT2D eigenvalue weighted by Crippen LogP contribution is 2.21. The summed E-state index contributed by atoms with van der Waals surface area (Å²) in [4.78, 5) is 52.1. The number of aliphatic hydroxyl groups excluding tert-OH is 1. The van der Waals surface area contributed by atoms with Gasteiger partial charge in [0.05, 0.1) is 24.6 Å². The molecule has 2 aliphatic heterocycles. The predicted molar refractivity (Wildman–Crippen MR) is 149 cm³/mol. The first-order valence-corrected chi connectivity index (χ1v) is 14.4. The second kappa shape index (κ2) is 17.3. The van der Waals surface area contributed by atoms with Crippen LogP contribution in [-0.2, 0) is 30.5 Å². The van der Waals surface area contributed by atoms with E-state index >= 15 is 0 Å². The van der Waals surface area contributed by atoms with Crippen molar-refractivity contribution < 1.29 is 33.8 Å². The van der Waals surface area contributed by atoms with Crippen LogP contribution < -0.4 is 10.6 Å². The van der Waals surface area contributed by atoms with E-state index in [-0.39, 0.29) is 50.1 Å². The number of hydrogen-bond donors (Lipinski definition) is 3. The number of cyclic esters (lactones) is 1. The number of allylic oxidation sites excluding steroid dienone is 2. The van der Waals surface area contributed by atoms with Crippen LogP contribution in [0.1, 0.15) is 69.8 Å². The molecule has 0 aliphatic carbocycles. The summed E-state index contributed by atoms with van der Waals surface area (Å²) in [5, 5.41) is 15.3. The van der Waals surface area contributed by atoms with Crippen LogP contribution >= 0.6 is 0 Å². The van der Waals surface area contributed by atoms with Gasteiger partial charge < -0.3 is 30.1 Å². The van der Waals surface area contributed by atoms with E-state index in [1.807, 2.05) is 42.5 Å². The third kappa shape index (κ3) is 11.0. The number of hydrogen-bond acceptors (Lipinski definition) is 7. The topological polar surface area (TPSA) is 134 Å². The Kier molecular flexibility index (Phi) is 13.5. The van der Waals surface area contributed by atoms with E-state index in [1.54, 1.807) is 4.90 Å². The molecule has 0 spiro atoms. The van der Waals surface area contributed by atoms with Crippen LogP contribution in [0.2, 0.25) is 0 Å². The van der Waals surface area contributed by atoms with Crippen LogP contribution in [0.25, 0.3) is 0 Å². The van der Waals surface area contributed by atoms with Crippen molar-refractivity contribution in [2.75, 3.05) is 26.3 Å². The third-order valence-electron chi connectivity index (χ3n) is 7.29. The smallest absolute Gasteiger partial charge is 0.407 e. The molecule has 1 aromatic rings. The van der Waals surface area contributed by atoms with Gasteiger partial charge in [-0.1, -0.05) is 42.5 Å². The van der Waals surface area contributed by atoms with Crippen molar-refractivity contribution in [3.05, 3.63) is 48.0 Å². The Morgan fingerprint density at radius 1 is 1.12 bits per heavy atom. The largest absolute Gasteiger partial charge is 0.463 e. The van der Waals surface area contributed by atoms with Crippen molar-refractivity contribution in [2.24, 2.45) is 5.92 Å². The van der Waals surface area contributed by atoms with Crippen LogP contribution in [0.3, 0.4) is 0 Å². The lowest BCUT2D eigenvalue weighted by molar-refractivity contribution is -0.145. The number of carbonyl (C=O) groups excluding carboxylic acids is 4. The van der Waals surface area contributed by atoms with Crippen LogP contribution in [-0.4, -0.2) is 72.3 Å². The van der Waals surface area contributed by atoms with Gasteiger partial charge in [0.25, 0.3) is 0 Å². The molecule has 40 heavy (non-hydrogen) atoms. The molecule has 1 saturated heterocycles. The molecule has 0 radical (unpaired) electrons. The molecule has 1 aromatic carbocycles. The Morgan fingerprint density at radius 3 is 2.75 bits per heavy atom. The predicted octanol–water partition coefficient (Wildman–Crippen LogP) is 3.23. The summed E-state index contributed by atoms with van der Waals surface area (Å²) in [5.41, 5.74) is 0.908. The number of likely N-dealkylation sites (tertiary alicyclic amines) is 1. The molecule has 2 aliphatic rings. The minimum atomic E-state index is -0.552. The molecule has 1 fully saturated rings. The summed E-state index contributed by atoms with van der Waals surface area (Å²) < 4.78 is 10.7. The molecule has 220 valence electrons. The molecular weight excluding hydrogens is 514 g/mol. The first-order chi connectivity index (χ1) is 19.5. The zero-order valence-corrected chi connectivity index (χ0v) is 23.2. The van der Waals surface area contributed by atoms with E-state index in [0.29, 0.717) is 58.0 Å². The minimum absolute atomic E-state index is 0.0595. The highest BCUT2D eigenvalue weighted by atomic mass is 16.5. The van der Waals surface area contributed by atoms with E-state index in [2.05, 4.69) is 10.6 Å². The van der Waals surface area contributed by atoms with Crippen molar-refractivity contribution in [3.8, 4) is 0 Å². The van der Waals surface area contributed by atoms with Gasteiger partial charge in [-0.2, -0.15) is 0 Å². The lowest BCUT2D eigenvalue weighted by Crippen LogP contribution is -2.44. The zero-order chi connectivity index (χ0) is 28.6. The number of amides is 3. The Balaban J connectivity index is 1.49. The molecule has 0 bridgehead atoms. The molecule has 3 amide bonds. The fourth-order valence-corrected chi connectivity index (χ4v) is 4.97. The molecule has 0 aromatic heterocycles. The van der Waals surface area contributed by atoms with Crippen LogP contribution in [0.4, 0.5) is 4.79 Å². The monoisotopic (exact) mass is 557 g/mol. The lowest BCUT2D eigenvalue weighted by atomic mass is 9.97. The maximum Gasteiger partial charge on any atom is 0.407 e. The van der Waals surface area contributed by atoms with E-state index in [4.69, 9.17) is 9.47 Å². The quantitative estimate of drug-likeness (QED) is 0.228. The number of nitrogens with zero attached hydrogens (tertiary/aromatic N) is 1. The maximum atomic E-state index is 13.3. The number of nitrogens with one attached hydrogen (secondary N) is 2. The molecule has 0 unspecified atom stereocenters. The first-order valence-electron chi connectivity index (χ1n) is 14.4. The van der Waals surface area contributed by atoms with Gasteiger partial charge in [0.1, 0.15) is 13.2 Å². The highest BCUT2D eigenvalue weighted by Gasteiger charge is 2.31. The number of alkyl carbamates (subject to hydrolysis) is 1. The fraction of sp³-hybridized carbons (Fsp3) is 0.600. The Bertz CT molecular complexity index is 985. The second-order valence-electron chi connectivity index (χ2n) is 10.4. The van der Waals surface area contributed by atoms with Crippen molar-refractivity contribution in [1.82, 2.24) is 15.5 Å². The molecule has 3 N–H and O–H groups in total. The molecular formula is C30H43N3O7. The Hall–Kier alpha value is -3.40. The van der Waals surface area contributed by atoms with Gasteiger partial charge in [-0.3, -0.25) is 14.4 Å². The number of esters is 1. The number of rotatable bonds is 10. The Morgan fingerprint density at radius 2 is 1.95 bits per heavy atom. The standard InChI is InChI=1S/C30H43N3O7/c34-20-26-15-10-18-33(26)27(35)19-24-13-6-1-2-7-16-28(36)39-22-25(32-29(24)37)14-8-9-17-31-30(38)40-21-23-11-4-3-5-12-23/h1,3-6,11-12,24-26,34H,2,7-10,13-22H2,(H,31,38)(H,32,37)/t24-,25+,26+/m1/s1. The van der Waals surface area contributed by atoms with Crippen LogP contribution in [0, 0.1) is 5.92 Å². The van der Waals surface area contributed by atoms with Crippen molar-refractivity contribution >= 4 is 23.9 Å². The molecule has 3 atom stereocenters. The van der Waals surface area contributed by atoms with Gasteiger partial charge in [-0.25, -0.2) is 4.79 Å². The van der Waals surface area contributed by atoms with Gasteiger partial charge in [-0.05, 0) is 56.9 Å². The zero-order valence-electron chi connectivity index (χ0n) is 23.2. The van der Waals surface area contributed by atoms with E-state index in [9.17, 15) is 24.3 Å². The summed E-state index contributed by atoms with van der Waals surface area (Å²) in [5.74, 6) is -1.22. The molecule has 2 heterocycles. The van der Waals surface area contributed by atoms with Crippen molar-refractivity contribution in [1.29, 1.82) is 0 Å². The lowest BCUT2D eigenvalue weighted by Gasteiger charge is -2.26. The van der Waals surface area contributed by atoms with Crippen LogP contribution in [0.15, 0.2) is 42.5 Å². The van der Waals surface area contributed by atoms with Crippen LogP contribution in [0.5, 0.6) is 0 Å². The summed E-state index contributed by atoms with van der Waals surface area (Å²) in [7, 11) is 0. The van der Waals surface area contributed by atoms with Gasteiger partial charge in [0.2, 0.25) is 11.8 Å². The second-order valence-corrected chi connectivity index (χ2v) is 10.4. The van der Waals surface area contributed by atoms with Gasteiger partial charge in [-0.15, -0.1) is 0 Å². The molecule has 10 heteroatoms. The SMILES string of the molecule is O=C1CCCC=CC[C@H](CC(=O)N2CCC[C@H]2CO)C(=O)N[C@@H](CCCCNC(=O)OCc2ccccc2)CO1. The van der Waals surface area contributed by atoms with Gasteiger partial charge in [0, 0.05) is 25.9 Å². The summed E-state index contributed by atoms with van der Waals surface area (Å²) in [6.07, 6.45) is 9.00. The number of ether oxygens (including phenoxy) is 2. The number of benzene rings is 1. The summed E-state index contributed by atoms with van der Waals surface area (Å²) in [6.45, 7) is 1.20. The summed E-state index contributed by atoms with van der Waals surface area (Å²) >= 11 is 0. The maximum absolute atomic E-state index is 13.3. The van der Waals surface area contributed by atoms with Gasteiger partial charge >= 0.3 is 12.1 Å². The van der Waals surface area contributed by atoms with Crippen molar-refractivity contribution in [3.63, 3.8) is 0 Å². The number of aliphatic hydroxyl groups is 1. The number of carbonyl (C=O) groups is 4. The molecule has 10 nitrogen and oxygen atoms in total. The fourth-order valence-electron chi connectivity index (χ4n) is 4.97. The Labute approximate surface area is 236 Å². The third-order valence-corrected chi connectivity index (χ3v) is 7.29. The molecule has 3 rings (SSSR count). The average molecular weight is 558 g/mol. The highest BCUT2D eigenvalue weighted by molar-refractivity contribution is 5.86. The normalized spacial score (nSPS) is 22.3.